The molecular formula is C19H16FN3O2. The van der Waals surface area contributed by atoms with Crippen LogP contribution in [0.4, 0.5) is 10.2 Å². The van der Waals surface area contributed by atoms with Crippen molar-refractivity contribution < 1.29 is 13.9 Å². The molecule has 1 aliphatic rings. The first-order chi connectivity index (χ1) is 12.1. The van der Waals surface area contributed by atoms with Gasteiger partial charge in [0, 0.05) is 12.5 Å². The molecule has 1 N–H and O–H groups in total. The average molecular weight is 337 g/mol. The highest BCUT2D eigenvalue weighted by atomic mass is 19.1. The van der Waals surface area contributed by atoms with Gasteiger partial charge in [-0.05, 0) is 30.7 Å². The zero-order valence-corrected chi connectivity index (χ0v) is 13.6. The number of amides is 1. The summed E-state index contributed by atoms with van der Waals surface area (Å²) in [5, 5.41) is 7.09. The first-order valence-corrected chi connectivity index (χ1v) is 7.99. The average Bonchev–Trinajstić information content (AvgIpc) is 3.18. The maximum atomic E-state index is 14.1. The van der Waals surface area contributed by atoms with Gasteiger partial charge in [0.2, 0.25) is 0 Å². The quantitative estimate of drug-likeness (QED) is 0.798. The molecule has 5 nitrogen and oxygen atoms in total. The predicted octanol–water partition coefficient (Wildman–Crippen LogP) is 3.26. The summed E-state index contributed by atoms with van der Waals surface area (Å²) < 4.78 is 21.2. The highest BCUT2D eigenvalue weighted by Crippen LogP contribution is 2.29. The van der Waals surface area contributed by atoms with Crippen LogP contribution in [-0.2, 0) is 11.2 Å². The smallest absolute Gasteiger partial charge is 0.266 e. The summed E-state index contributed by atoms with van der Waals surface area (Å²) in [6.45, 7) is 1.79. The topological polar surface area (TPSA) is 56.1 Å². The predicted molar refractivity (Wildman–Crippen MR) is 91.5 cm³/mol. The maximum Gasteiger partial charge on any atom is 0.266 e. The van der Waals surface area contributed by atoms with Crippen molar-refractivity contribution in [1.82, 2.24) is 9.78 Å². The Hall–Kier alpha value is -3.15. The number of aryl methyl sites for hydroxylation is 1. The largest absolute Gasteiger partial charge is 0.480 e. The molecule has 0 fully saturated rings. The van der Waals surface area contributed by atoms with Crippen LogP contribution in [0.5, 0.6) is 5.75 Å². The number of anilines is 1. The van der Waals surface area contributed by atoms with Crippen molar-refractivity contribution in [3.05, 3.63) is 71.7 Å². The van der Waals surface area contributed by atoms with Crippen LogP contribution in [0.2, 0.25) is 0 Å². The van der Waals surface area contributed by atoms with E-state index in [0.29, 0.717) is 17.9 Å². The van der Waals surface area contributed by atoms with Crippen molar-refractivity contribution >= 4 is 11.7 Å². The van der Waals surface area contributed by atoms with Gasteiger partial charge in [0.05, 0.1) is 5.69 Å². The summed E-state index contributed by atoms with van der Waals surface area (Å²) in [5.41, 5.74) is 1.96. The molecule has 4 rings (SSSR count). The summed E-state index contributed by atoms with van der Waals surface area (Å²) >= 11 is 0. The molecule has 0 spiro atoms. The van der Waals surface area contributed by atoms with Crippen molar-refractivity contribution in [3.63, 3.8) is 0 Å². The van der Waals surface area contributed by atoms with Crippen LogP contribution in [0.1, 0.15) is 11.3 Å². The Labute approximate surface area is 144 Å². The summed E-state index contributed by atoms with van der Waals surface area (Å²) in [7, 11) is 0. The van der Waals surface area contributed by atoms with Crippen LogP contribution in [0.3, 0.4) is 0 Å². The minimum Gasteiger partial charge on any atom is -0.480 e. The van der Waals surface area contributed by atoms with Gasteiger partial charge >= 0.3 is 0 Å². The summed E-state index contributed by atoms with van der Waals surface area (Å²) in [6, 6.07) is 15.6. The van der Waals surface area contributed by atoms with Crippen molar-refractivity contribution in [3.8, 4) is 11.4 Å². The molecule has 0 saturated carbocycles. The second-order valence-electron chi connectivity index (χ2n) is 5.94. The molecule has 25 heavy (non-hydrogen) atoms. The molecule has 0 unspecified atom stereocenters. The number of nitrogens with one attached hydrogen (secondary N) is 1. The number of hydrogen-bond acceptors (Lipinski definition) is 3. The molecule has 3 aromatic rings. The number of benzene rings is 2. The van der Waals surface area contributed by atoms with Gasteiger partial charge in [0.25, 0.3) is 5.91 Å². The fourth-order valence-electron chi connectivity index (χ4n) is 2.93. The first kappa shape index (κ1) is 15.4. The fourth-order valence-corrected chi connectivity index (χ4v) is 2.93. The molecule has 0 bridgehead atoms. The minimum atomic E-state index is -0.610. The van der Waals surface area contributed by atoms with E-state index in [9.17, 15) is 9.18 Å². The van der Waals surface area contributed by atoms with E-state index in [1.54, 1.807) is 31.2 Å². The SMILES string of the molecule is Cc1cc(NC(=O)[C@@H]2Cc3ccccc3O2)n(-c2ccccc2F)n1. The number of carbonyl (C=O) groups is 1. The molecule has 1 aromatic heterocycles. The van der Waals surface area contributed by atoms with Crippen molar-refractivity contribution in [2.24, 2.45) is 0 Å². The lowest BCUT2D eigenvalue weighted by Gasteiger charge is -2.13. The molecule has 0 radical (unpaired) electrons. The van der Waals surface area contributed by atoms with Crippen LogP contribution in [-0.4, -0.2) is 21.8 Å². The van der Waals surface area contributed by atoms with E-state index in [0.717, 1.165) is 11.3 Å². The van der Waals surface area contributed by atoms with E-state index >= 15 is 0 Å². The summed E-state index contributed by atoms with van der Waals surface area (Å²) in [4.78, 5) is 12.6. The molecule has 6 heteroatoms. The Balaban J connectivity index is 1.58. The van der Waals surface area contributed by atoms with E-state index in [1.165, 1.54) is 10.7 Å². The van der Waals surface area contributed by atoms with Crippen LogP contribution in [0.25, 0.3) is 5.69 Å². The molecule has 0 aliphatic carbocycles. The van der Waals surface area contributed by atoms with Gasteiger partial charge < -0.3 is 10.1 Å². The molecule has 1 atom stereocenters. The second-order valence-corrected chi connectivity index (χ2v) is 5.94. The number of halogens is 1. The maximum absolute atomic E-state index is 14.1. The lowest BCUT2D eigenvalue weighted by atomic mass is 10.1. The number of fused-ring (bicyclic) bond motifs is 1. The van der Waals surface area contributed by atoms with Crippen LogP contribution in [0, 0.1) is 12.7 Å². The van der Waals surface area contributed by atoms with Crippen molar-refractivity contribution in [2.75, 3.05) is 5.32 Å². The van der Waals surface area contributed by atoms with Gasteiger partial charge in [0.1, 0.15) is 23.1 Å². The van der Waals surface area contributed by atoms with Gasteiger partial charge in [-0.25, -0.2) is 9.07 Å². The normalized spacial score (nSPS) is 15.5. The number of hydrogen-bond donors (Lipinski definition) is 1. The standard InChI is InChI=1S/C19H16FN3O2/c1-12-10-18(23(22-12)15-8-4-3-7-14(15)20)21-19(24)17-11-13-6-2-5-9-16(13)25-17/h2-10,17H,11H2,1H3,(H,21,24)/t17-/m0/s1. The Morgan fingerprint density at radius 2 is 2.00 bits per heavy atom. The summed E-state index contributed by atoms with van der Waals surface area (Å²) in [6.07, 6.45) is -0.101. The van der Waals surface area contributed by atoms with Crippen LogP contribution >= 0.6 is 0 Å². The molecule has 1 aliphatic heterocycles. The molecule has 126 valence electrons. The molecule has 0 saturated heterocycles. The third-order valence-electron chi connectivity index (χ3n) is 4.10. The first-order valence-electron chi connectivity index (χ1n) is 7.99. The van der Waals surface area contributed by atoms with Crippen LogP contribution in [0.15, 0.2) is 54.6 Å². The highest BCUT2D eigenvalue weighted by molar-refractivity contribution is 5.94. The van der Waals surface area contributed by atoms with Crippen LogP contribution < -0.4 is 10.1 Å². The van der Waals surface area contributed by atoms with Gasteiger partial charge in [0.15, 0.2) is 6.10 Å². The monoisotopic (exact) mass is 337 g/mol. The number of nitrogens with zero attached hydrogens (tertiary/aromatic N) is 2. The molecular weight excluding hydrogens is 321 g/mol. The third-order valence-corrected chi connectivity index (χ3v) is 4.10. The third kappa shape index (κ3) is 2.87. The van der Waals surface area contributed by atoms with Gasteiger partial charge in [-0.1, -0.05) is 30.3 Å². The molecule has 2 aromatic carbocycles. The Morgan fingerprint density at radius 1 is 1.24 bits per heavy atom. The molecule has 2 heterocycles. The van der Waals surface area contributed by atoms with E-state index in [2.05, 4.69) is 10.4 Å². The number of carbonyl (C=O) groups excluding carboxylic acids is 1. The van der Waals surface area contributed by atoms with Gasteiger partial charge in [-0.3, -0.25) is 4.79 Å². The Kier molecular flexibility index (Phi) is 3.72. The molecule has 1 amide bonds. The highest BCUT2D eigenvalue weighted by Gasteiger charge is 2.29. The Bertz CT molecular complexity index is 926. The van der Waals surface area contributed by atoms with E-state index < -0.39 is 11.9 Å². The van der Waals surface area contributed by atoms with E-state index in [4.69, 9.17) is 4.74 Å². The van der Waals surface area contributed by atoms with Gasteiger partial charge in [-0.2, -0.15) is 5.10 Å². The fraction of sp³-hybridized carbons (Fsp3) is 0.158. The number of ether oxygens (including phenoxy) is 1. The number of aromatic nitrogens is 2. The lowest BCUT2D eigenvalue weighted by Crippen LogP contribution is -2.32. The van der Waals surface area contributed by atoms with Crippen molar-refractivity contribution in [1.29, 1.82) is 0 Å². The summed E-state index contributed by atoms with van der Waals surface area (Å²) in [5.74, 6) is 0.438. The minimum absolute atomic E-state index is 0.279. The number of rotatable bonds is 3. The Morgan fingerprint density at radius 3 is 2.80 bits per heavy atom. The number of para-hydroxylation sites is 2. The van der Waals surface area contributed by atoms with E-state index in [-0.39, 0.29) is 11.6 Å². The van der Waals surface area contributed by atoms with Gasteiger partial charge in [-0.15, -0.1) is 0 Å². The zero-order valence-electron chi connectivity index (χ0n) is 13.6. The van der Waals surface area contributed by atoms with E-state index in [1.807, 2.05) is 24.3 Å². The lowest BCUT2D eigenvalue weighted by molar-refractivity contribution is -0.122. The van der Waals surface area contributed by atoms with Crippen molar-refractivity contribution in [2.45, 2.75) is 19.4 Å². The second kappa shape index (κ2) is 6.05. The zero-order chi connectivity index (χ0) is 17.4.